The Labute approximate surface area is 143 Å². The van der Waals surface area contributed by atoms with Gasteiger partial charge in [0, 0.05) is 5.69 Å². The number of imidazole rings is 1. The van der Waals surface area contributed by atoms with Gasteiger partial charge in [-0.15, -0.1) is 0 Å². The van der Waals surface area contributed by atoms with Crippen LogP contribution in [0.5, 0.6) is 0 Å². The largest absolute Gasteiger partial charge is 1.00 e. The van der Waals surface area contributed by atoms with E-state index in [-0.39, 0.29) is 12.4 Å². The molecule has 0 fully saturated rings. The lowest BCUT2D eigenvalue weighted by molar-refractivity contribution is -0.715. The van der Waals surface area contributed by atoms with Gasteiger partial charge in [0.15, 0.2) is 0 Å². The zero-order valence-corrected chi connectivity index (χ0v) is 14.9. The van der Waals surface area contributed by atoms with Gasteiger partial charge in [0.1, 0.15) is 25.0 Å². The van der Waals surface area contributed by atoms with Crippen LogP contribution in [0, 0.1) is 0 Å². The van der Waals surface area contributed by atoms with Gasteiger partial charge in [-0.3, -0.25) is 4.72 Å². The number of aromatic nitrogens is 2. The van der Waals surface area contributed by atoms with Gasteiger partial charge in [-0.1, -0.05) is 12.1 Å². The van der Waals surface area contributed by atoms with E-state index in [1.165, 1.54) is 0 Å². The third-order valence-electron chi connectivity index (χ3n) is 3.29. The maximum atomic E-state index is 11.2. The highest BCUT2D eigenvalue weighted by molar-refractivity contribution is 7.92. The first-order valence-electron chi connectivity index (χ1n) is 7.07. The van der Waals surface area contributed by atoms with Gasteiger partial charge < -0.3 is 17.5 Å². The SMILES string of the molecule is CC(C)[n+]1ccn(CC(O)c2ccc(NS(C)(=O)=O)cc2)c1.[Cl-]. The molecule has 6 nitrogen and oxygen atoms in total. The van der Waals surface area contributed by atoms with Crippen molar-refractivity contribution in [2.75, 3.05) is 11.0 Å². The average Bonchev–Trinajstić information content (AvgIpc) is 2.86. The summed E-state index contributed by atoms with van der Waals surface area (Å²) in [5.74, 6) is 0. The van der Waals surface area contributed by atoms with Crippen LogP contribution in [0.4, 0.5) is 5.69 Å². The molecule has 0 spiro atoms. The second-order valence-corrected chi connectivity index (χ2v) is 7.41. The fraction of sp³-hybridized carbons (Fsp3) is 0.400. The monoisotopic (exact) mass is 359 g/mol. The number of hydrogen-bond donors (Lipinski definition) is 2. The van der Waals surface area contributed by atoms with Crippen molar-refractivity contribution >= 4 is 15.7 Å². The van der Waals surface area contributed by atoms with Gasteiger partial charge in [-0.2, -0.15) is 0 Å². The highest BCUT2D eigenvalue weighted by Crippen LogP contribution is 2.18. The van der Waals surface area contributed by atoms with Crippen LogP contribution in [-0.2, 0) is 16.6 Å². The molecule has 1 atom stereocenters. The minimum Gasteiger partial charge on any atom is -1.00 e. The number of aliphatic hydroxyl groups excluding tert-OH is 1. The molecule has 0 aliphatic rings. The number of benzene rings is 1. The molecular formula is C15H22ClN3O3S. The molecule has 0 aliphatic heterocycles. The molecule has 0 aliphatic carbocycles. The summed E-state index contributed by atoms with van der Waals surface area (Å²) >= 11 is 0. The zero-order valence-electron chi connectivity index (χ0n) is 13.3. The van der Waals surface area contributed by atoms with E-state index in [1.807, 2.05) is 23.3 Å². The van der Waals surface area contributed by atoms with Crippen LogP contribution in [0.3, 0.4) is 0 Å². The summed E-state index contributed by atoms with van der Waals surface area (Å²) in [6.45, 7) is 4.63. The van der Waals surface area contributed by atoms with Crippen LogP contribution < -0.4 is 21.7 Å². The van der Waals surface area contributed by atoms with E-state index in [0.717, 1.165) is 11.8 Å². The first-order valence-corrected chi connectivity index (χ1v) is 8.96. The van der Waals surface area contributed by atoms with Crippen LogP contribution in [0.2, 0.25) is 0 Å². The summed E-state index contributed by atoms with van der Waals surface area (Å²) in [4.78, 5) is 0. The van der Waals surface area contributed by atoms with E-state index >= 15 is 0 Å². The number of halogens is 1. The highest BCUT2D eigenvalue weighted by Gasteiger charge is 2.14. The summed E-state index contributed by atoms with van der Waals surface area (Å²) < 4.78 is 28.7. The molecule has 23 heavy (non-hydrogen) atoms. The summed E-state index contributed by atoms with van der Waals surface area (Å²) in [5, 5.41) is 10.3. The number of hydrogen-bond acceptors (Lipinski definition) is 3. The van der Waals surface area contributed by atoms with E-state index in [1.54, 1.807) is 24.3 Å². The first kappa shape index (κ1) is 19.5. The number of aliphatic hydroxyl groups is 1. The van der Waals surface area contributed by atoms with Crippen molar-refractivity contribution in [2.45, 2.75) is 32.5 Å². The molecule has 1 aromatic heterocycles. The van der Waals surface area contributed by atoms with Gasteiger partial charge in [0.2, 0.25) is 16.4 Å². The molecule has 2 aromatic rings. The maximum absolute atomic E-state index is 11.2. The number of nitrogens with one attached hydrogen (secondary N) is 1. The topological polar surface area (TPSA) is 75.2 Å². The fourth-order valence-corrected chi connectivity index (χ4v) is 2.68. The second-order valence-electron chi connectivity index (χ2n) is 5.66. The molecule has 1 heterocycles. The molecule has 0 saturated heterocycles. The normalized spacial score (nSPS) is 12.7. The van der Waals surface area contributed by atoms with E-state index in [4.69, 9.17) is 0 Å². The molecule has 128 valence electrons. The molecule has 0 radical (unpaired) electrons. The Morgan fingerprint density at radius 1 is 1.26 bits per heavy atom. The number of anilines is 1. The predicted molar refractivity (Wildman–Crippen MR) is 84.9 cm³/mol. The average molecular weight is 360 g/mol. The number of nitrogens with zero attached hydrogens (tertiary/aromatic N) is 2. The lowest BCUT2D eigenvalue weighted by Crippen LogP contribution is -3.00. The first-order chi connectivity index (χ1) is 10.2. The highest BCUT2D eigenvalue weighted by atomic mass is 35.5. The molecule has 2 N–H and O–H groups in total. The maximum Gasteiger partial charge on any atom is 0.244 e. The van der Waals surface area contributed by atoms with Gasteiger partial charge in [0.05, 0.1) is 12.3 Å². The summed E-state index contributed by atoms with van der Waals surface area (Å²) in [6, 6.07) is 7.10. The van der Waals surface area contributed by atoms with Crippen molar-refractivity contribution in [3.63, 3.8) is 0 Å². The van der Waals surface area contributed by atoms with Crippen LogP contribution in [0.25, 0.3) is 0 Å². The smallest absolute Gasteiger partial charge is 0.244 e. The second kappa shape index (κ2) is 7.81. The van der Waals surface area contributed by atoms with E-state index in [2.05, 4.69) is 23.1 Å². The van der Waals surface area contributed by atoms with Crippen LogP contribution in [0.1, 0.15) is 31.6 Å². The van der Waals surface area contributed by atoms with Crippen LogP contribution in [-0.4, -0.2) is 24.3 Å². The van der Waals surface area contributed by atoms with Crippen molar-refractivity contribution in [1.29, 1.82) is 0 Å². The third kappa shape index (κ3) is 5.85. The lowest BCUT2D eigenvalue weighted by Gasteiger charge is -2.10. The van der Waals surface area contributed by atoms with E-state index in [9.17, 15) is 13.5 Å². The lowest BCUT2D eigenvalue weighted by atomic mass is 10.1. The summed E-state index contributed by atoms with van der Waals surface area (Å²) in [5.41, 5.74) is 1.22. The predicted octanol–water partition coefficient (Wildman–Crippen LogP) is -1.53. The Balaban J connectivity index is 0.00000264. The molecule has 0 bridgehead atoms. The molecular weight excluding hydrogens is 338 g/mol. The van der Waals surface area contributed by atoms with Gasteiger partial charge >= 0.3 is 0 Å². The molecule has 8 heteroatoms. The van der Waals surface area contributed by atoms with E-state index < -0.39 is 16.1 Å². The van der Waals surface area contributed by atoms with Crippen molar-refractivity contribution in [1.82, 2.24) is 4.57 Å². The van der Waals surface area contributed by atoms with Crippen molar-refractivity contribution in [3.8, 4) is 0 Å². The van der Waals surface area contributed by atoms with Gasteiger partial charge in [-0.05, 0) is 31.5 Å². The molecule has 0 amide bonds. The molecule has 1 unspecified atom stereocenters. The minimum absolute atomic E-state index is 0. The third-order valence-corrected chi connectivity index (χ3v) is 3.90. The number of rotatable bonds is 6. The van der Waals surface area contributed by atoms with Gasteiger partial charge in [-0.25, -0.2) is 17.6 Å². The molecule has 1 aromatic carbocycles. The van der Waals surface area contributed by atoms with E-state index in [0.29, 0.717) is 18.3 Å². The Bertz CT molecular complexity index is 727. The Morgan fingerprint density at radius 3 is 2.35 bits per heavy atom. The van der Waals surface area contributed by atoms with Crippen LogP contribution in [0.15, 0.2) is 43.0 Å². The fourth-order valence-electron chi connectivity index (χ4n) is 2.12. The zero-order chi connectivity index (χ0) is 16.3. The van der Waals surface area contributed by atoms with Crippen molar-refractivity contribution in [3.05, 3.63) is 48.5 Å². The van der Waals surface area contributed by atoms with Crippen molar-refractivity contribution < 1.29 is 30.5 Å². The Morgan fingerprint density at radius 2 is 1.87 bits per heavy atom. The van der Waals surface area contributed by atoms with Crippen LogP contribution >= 0.6 is 0 Å². The molecule has 2 rings (SSSR count). The van der Waals surface area contributed by atoms with Gasteiger partial charge in [0.25, 0.3) is 0 Å². The number of sulfonamides is 1. The summed E-state index contributed by atoms with van der Waals surface area (Å²) in [6.07, 6.45) is 6.29. The Kier molecular flexibility index (Phi) is 6.61. The molecule has 0 saturated carbocycles. The minimum atomic E-state index is -3.28. The standard InChI is InChI=1S/C15H22N3O3S.ClH/c1-12(2)18-9-8-17(11-18)10-15(19)13-4-6-14(7-5-13)16-22(3,20)21;/h4-9,11-12,15-16,19H,10H2,1-3H3;1H/q+1;/p-1. The summed E-state index contributed by atoms with van der Waals surface area (Å²) in [7, 11) is -3.28. The Hall–Kier alpha value is -1.57. The quantitative estimate of drug-likeness (QED) is 0.614. The van der Waals surface area contributed by atoms with Crippen molar-refractivity contribution in [2.24, 2.45) is 0 Å².